The number of carbonyl (C=O) groups is 1. The molecule has 32 heavy (non-hydrogen) atoms. The lowest BCUT2D eigenvalue weighted by Crippen LogP contribution is -2.16. The van der Waals surface area contributed by atoms with Gasteiger partial charge in [-0.2, -0.15) is 0 Å². The number of halogens is 2. The van der Waals surface area contributed by atoms with Crippen LogP contribution in [-0.4, -0.2) is 20.2 Å². The third-order valence-corrected chi connectivity index (χ3v) is 5.57. The van der Waals surface area contributed by atoms with Crippen LogP contribution in [0.5, 0.6) is 17.2 Å². The molecule has 0 unspecified atom stereocenters. The fourth-order valence-electron chi connectivity index (χ4n) is 3.19. The van der Waals surface area contributed by atoms with Crippen LogP contribution in [0.15, 0.2) is 74.3 Å². The molecule has 162 valence electrons. The summed E-state index contributed by atoms with van der Waals surface area (Å²) >= 11 is 9.34. The predicted molar refractivity (Wildman–Crippen MR) is 125 cm³/mol. The first-order valence-electron chi connectivity index (χ1n) is 9.38. The van der Waals surface area contributed by atoms with Gasteiger partial charge in [0.2, 0.25) is 11.2 Å². The number of fused-ring (bicyclic) bond motifs is 1. The zero-order chi connectivity index (χ0) is 22.8. The molecule has 4 aromatic rings. The Labute approximate surface area is 196 Å². The van der Waals surface area contributed by atoms with Gasteiger partial charge in [-0.05, 0) is 64.5 Å². The molecule has 8 heteroatoms. The van der Waals surface area contributed by atoms with E-state index in [0.29, 0.717) is 32.1 Å². The van der Waals surface area contributed by atoms with Crippen LogP contribution >= 0.6 is 27.5 Å². The first kappa shape index (κ1) is 21.9. The highest BCUT2D eigenvalue weighted by Gasteiger charge is 2.23. The third-order valence-electron chi connectivity index (χ3n) is 4.73. The van der Waals surface area contributed by atoms with E-state index in [9.17, 15) is 9.59 Å². The minimum absolute atomic E-state index is 0.0812. The molecule has 0 aliphatic carbocycles. The number of benzene rings is 3. The summed E-state index contributed by atoms with van der Waals surface area (Å²) in [5.74, 6) is 0.00670. The van der Waals surface area contributed by atoms with Crippen LogP contribution in [-0.2, 0) is 0 Å². The molecule has 0 saturated heterocycles. The maximum atomic E-state index is 13.3. The molecule has 0 amide bonds. The number of rotatable bonds is 5. The molecule has 6 nitrogen and oxygen atoms in total. The first-order valence-corrected chi connectivity index (χ1v) is 10.6. The average Bonchev–Trinajstić information content (AvgIpc) is 2.80. The number of hydrogen-bond acceptors (Lipinski definition) is 6. The van der Waals surface area contributed by atoms with Crippen LogP contribution < -0.4 is 19.6 Å². The second kappa shape index (κ2) is 9.06. The Hall–Kier alpha value is -3.29. The second-order valence-corrected chi connectivity index (χ2v) is 7.97. The predicted octanol–water partition coefficient (Wildman–Crippen LogP) is 6.11. The van der Waals surface area contributed by atoms with Gasteiger partial charge in [0.15, 0.2) is 17.3 Å². The number of ether oxygens (including phenoxy) is 3. The summed E-state index contributed by atoms with van der Waals surface area (Å²) in [6, 6.07) is 16.2. The van der Waals surface area contributed by atoms with Gasteiger partial charge in [-0.25, -0.2) is 4.79 Å². The largest absolute Gasteiger partial charge is 0.493 e. The van der Waals surface area contributed by atoms with E-state index in [-0.39, 0.29) is 22.5 Å². The van der Waals surface area contributed by atoms with E-state index in [2.05, 4.69) is 15.9 Å². The molecule has 0 radical (unpaired) electrons. The molecule has 4 rings (SSSR count). The van der Waals surface area contributed by atoms with Crippen LogP contribution in [0.3, 0.4) is 0 Å². The Morgan fingerprint density at radius 1 is 0.969 bits per heavy atom. The SMILES string of the molecule is COc1cc(-c2oc3ccccc3c(=O)c2OC(=O)c2ccc(Cl)cc2)cc(Br)c1OC. The lowest BCUT2D eigenvalue weighted by Gasteiger charge is -2.14. The molecule has 1 aromatic heterocycles. The Kier molecular flexibility index (Phi) is 6.21. The maximum absolute atomic E-state index is 13.3. The van der Waals surface area contributed by atoms with Crippen molar-refractivity contribution in [2.75, 3.05) is 14.2 Å². The Morgan fingerprint density at radius 2 is 1.69 bits per heavy atom. The molecule has 0 atom stereocenters. The molecule has 0 N–H and O–H groups in total. The van der Waals surface area contributed by atoms with Crippen molar-refractivity contribution in [2.45, 2.75) is 0 Å². The normalized spacial score (nSPS) is 10.8. The van der Waals surface area contributed by atoms with Crippen molar-refractivity contribution in [3.05, 3.63) is 85.9 Å². The summed E-state index contributed by atoms with van der Waals surface area (Å²) in [6.07, 6.45) is 0. The van der Waals surface area contributed by atoms with Crippen LogP contribution in [0.4, 0.5) is 0 Å². The van der Waals surface area contributed by atoms with Gasteiger partial charge in [0.05, 0.1) is 29.6 Å². The van der Waals surface area contributed by atoms with Gasteiger partial charge < -0.3 is 18.6 Å². The summed E-state index contributed by atoms with van der Waals surface area (Å²) < 4.78 is 22.9. The smallest absolute Gasteiger partial charge is 0.343 e. The van der Waals surface area contributed by atoms with E-state index >= 15 is 0 Å². The Morgan fingerprint density at radius 3 is 2.38 bits per heavy atom. The molecule has 0 bridgehead atoms. The number of methoxy groups -OCH3 is 2. The highest BCUT2D eigenvalue weighted by Crippen LogP contribution is 2.41. The number of para-hydroxylation sites is 1. The second-order valence-electron chi connectivity index (χ2n) is 6.68. The van der Waals surface area contributed by atoms with E-state index in [4.69, 9.17) is 30.2 Å². The van der Waals surface area contributed by atoms with Crippen molar-refractivity contribution in [1.29, 1.82) is 0 Å². The zero-order valence-corrected chi connectivity index (χ0v) is 19.3. The number of hydrogen-bond donors (Lipinski definition) is 0. The minimum atomic E-state index is -0.718. The van der Waals surface area contributed by atoms with Crippen molar-refractivity contribution < 1.29 is 23.4 Å². The fourth-order valence-corrected chi connectivity index (χ4v) is 3.92. The van der Waals surface area contributed by atoms with Crippen molar-refractivity contribution in [3.63, 3.8) is 0 Å². The van der Waals surface area contributed by atoms with Crippen LogP contribution in [0.2, 0.25) is 5.02 Å². The minimum Gasteiger partial charge on any atom is -0.493 e. The van der Waals surface area contributed by atoms with E-state index in [1.807, 2.05) is 0 Å². The summed E-state index contributed by atoms with van der Waals surface area (Å²) in [5, 5.41) is 0.761. The lowest BCUT2D eigenvalue weighted by molar-refractivity contribution is 0.0731. The summed E-state index contributed by atoms with van der Waals surface area (Å²) in [4.78, 5) is 26.1. The molecule has 0 aliphatic heterocycles. The quantitative estimate of drug-likeness (QED) is 0.298. The summed E-state index contributed by atoms with van der Waals surface area (Å²) in [7, 11) is 3.00. The highest BCUT2D eigenvalue weighted by atomic mass is 79.9. The molecule has 3 aromatic carbocycles. The van der Waals surface area contributed by atoms with Gasteiger partial charge in [-0.15, -0.1) is 0 Å². The fraction of sp³-hybridized carbons (Fsp3) is 0.0833. The van der Waals surface area contributed by atoms with Crippen LogP contribution in [0, 0.1) is 0 Å². The van der Waals surface area contributed by atoms with E-state index < -0.39 is 11.4 Å². The van der Waals surface area contributed by atoms with Crippen molar-refractivity contribution in [3.8, 4) is 28.6 Å². The van der Waals surface area contributed by atoms with Crippen LogP contribution in [0.1, 0.15) is 10.4 Å². The molecular formula is C24H16BrClO6. The van der Waals surface area contributed by atoms with Gasteiger partial charge >= 0.3 is 5.97 Å². The van der Waals surface area contributed by atoms with Crippen LogP contribution in [0.25, 0.3) is 22.3 Å². The third kappa shape index (κ3) is 4.09. The van der Waals surface area contributed by atoms with Gasteiger partial charge in [-0.1, -0.05) is 23.7 Å². The highest BCUT2D eigenvalue weighted by molar-refractivity contribution is 9.10. The molecule has 0 saturated carbocycles. The average molecular weight is 516 g/mol. The molecule has 0 fully saturated rings. The van der Waals surface area contributed by atoms with Crippen molar-refractivity contribution in [1.82, 2.24) is 0 Å². The first-order chi connectivity index (χ1) is 15.4. The Balaban J connectivity index is 1.92. The number of esters is 1. The van der Waals surface area contributed by atoms with Gasteiger partial charge in [0, 0.05) is 10.6 Å². The summed E-state index contributed by atoms with van der Waals surface area (Å²) in [6.45, 7) is 0. The standard InChI is InChI=1S/C24H16BrClO6/c1-29-19-12-14(11-17(25)22(19)30-2)21-23(20(27)16-5-3-4-6-18(16)31-21)32-24(28)13-7-9-15(26)10-8-13/h3-12H,1-2H3. The van der Waals surface area contributed by atoms with Crippen molar-refractivity contribution in [2.24, 2.45) is 0 Å². The van der Waals surface area contributed by atoms with Gasteiger partial charge in [0.1, 0.15) is 5.58 Å². The van der Waals surface area contributed by atoms with Crippen molar-refractivity contribution >= 4 is 44.5 Å². The molecule has 0 spiro atoms. The van der Waals surface area contributed by atoms with Gasteiger partial charge in [-0.3, -0.25) is 4.79 Å². The zero-order valence-electron chi connectivity index (χ0n) is 17.0. The van der Waals surface area contributed by atoms with E-state index in [1.165, 1.54) is 26.4 Å². The summed E-state index contributed by atoms with van der Waals surface area (Å²) in [5.41, 5.74) is 0.567. The molecule has 0 aliphatic rings. The van der Waals surface area contributed by atoms with Gasteiger partial charge in [0.25, 0.3) is 0 Å². The number of carbonyl (C=O) groups excluding carboxylic acids is 1. The maximum Gasteiger partial charge on any atom is 0.343 e. The molecular weight excluding hydrogens is 500 g/mol. The Bertz CT molecular complexity index is 1380. The van der Waals surface area contributed by atoms with E-state index in [0.717, 1.165) is 0 Å². The monoisotopic (exact) mass is 514 g/mol. The lowest BCUT2D eigenvalue weighted by atomic mass is 10.1. The molecule has 1 heterocycles. The topological polar surface area (TPSA) is 75.0 Å². The van der Waals surface area contributed by atoms with E-state index in [1.54, 1.807) is 48.5 Å².